The number of nitrogens with one attached hydrogen (secondary N) is 1. The monoisotopic (exact) mass is 327 g/mol. The van der Waals surface area contributed by atoms with Crippen LogP contribution < -0.4 is 5.32 Å². The summed E-state index contributed by atoms with van der Waals surface area (Å²) in [4.78, 5) is 12.0. The second-order valence-corrected chi connectivity index (χ2v) is 6.21. The van der Waals surface area contributed by atoms with Crippen LogP contribution in [0, 0.1) is 0 Å². The zero-order valence-corrected chi connectivity index (χ0v) is 14.4. The lowest BCUT2D eigenvalue weighted by atomic mass is 9.78. The summed E-state index contributed by atoms with van der Waals surface area (Å²) in [5.41, 5.74) is 0.858. The largest absolute Gasteiger partial charge is 0.387 e. The molecule has 0 saturated carbocycles. The maximum absolute atomic E-state index is 12.0. The predicted molar refractivity (Wildman–Crippen MR) is 94.8 cm³/mol. The van der Waals surface area contributed by atoms with Crippen molar-refractivity contribution in [3.05, 3.63) is 71.8 Å². The second kappa shape index (κ2) is 8.08. The van der Waals surface area contributed by atoms with Crippen molar-refractivity contribution in [2.75, 3.05) is 13.7 Å². The first-order valence-electron chi connectivity index (χ1n) is 8.08. The highest BCUT2D eigenvalue weighted by Gasteiger charge is 2.35. The lowest BCUT2D eigenvalue weighted by molar-refractivity contribution is -0.131. The fourth-order valence-corrected chi connectivity index (χ4v) is 2.82. The maximum atomic E-state index is 12.0. The van der Waals surface area contributed by atoms with Crippen molar-refractivity contribution in [3.63, 3.8) is 0 Å². The summed E-state index contributed by atoms with van der Waals surface area (Å²) >= 11 is 0. The van der Waals surface area contributed by atoms with E-state index in [1.807, 2.05) is 60.7 Å². The highest BCUT2D eigenvalue weighted by Crippen LogP contribution is 2.34. The molecular formula is C20H25NO3. The molecule has 2 aromatic rings. The maximum Gasteiger partial charge on any atom is 0.248 e. The van der Waals surface area contributed by atoms with E-state index in [1.165, 1.54) is 7.11 Å². The van der Waals surface area contributed by atoms with Crippen LogP contribution in [0.2, 0.25) is 0 Å². The predicted octanol–water partition coefficient (Wildman–Crippen LogP) is 2.72. The van der Waals surface area contributed by atoms with Crippen molar-refractivity contribution in [1.82, 2.24) is 5.32 Å². The molecule has 2 N–H and O–H groups in total. The first-order chi connectivity index (χ1) is 11.5. The van der Waals surface area contributed by atoms with Gasteiger partial charge in [-0.15, -0.1) is 0 Å². The van der Waals surface area contributed by atoms with Crippen LogP contribution in [0.3, 0.4) is 0 Å². The number of aliphatic hydroxyl groups is 1. The minimum atomic E-state index is -1.15. The molecule has 2 aromatic carbocycles. The molecule has 24 heavy (non-hydrogen) atoms. The number of carbonyl (C=O) groups is 1. The molecule has 0 aliphatic carbocycles. The molecule has 0 spiro atoms. The number of hydrogen-bond donors (Lipinski definition) is 2. The average molecular weight is 327 g/mol. The topological polar surface area (TPSA) is 58.6 Å². The van der Waals surface area contributed by atoms with Gasteiger partial charge < -0.3 is 15.2 Å². The molecule has 2 rings (SSSR count). The molecular weight excluding hydrogens is 302 g/mol. The zero-order valence-electron chi connectivity index (χ0n) is 14.4. The average Bonchev–Trinajstić information content (AvgIpc) is 2.61. The highest BCUT2D eigenvalue weighted by atomic mass is 16.5. The molecule has 0 aromatic heterocycles. The summed E-state index contributed by atoms with van der Waals surface area (Å²) in [6.07, 6.45) is -0.548. The minimum Gasteiger partial charge on any atom is -0.387 e. The number of amides is 1. The lowest BCUT2D eigenvalue weighted by Crippen LogP contribution is -2.47. The van der Waals surface area contributed by atoms with Crippen LogP contribution in [-0.4, -0.2) is 36.4 Å². The summed E-state index contributed by atoms with van der Waals surface area (Å²) in [5.74, 6) is -0.490. The molecule has 0 unspecified atom stereocenters. The van der Waals surface area contributed by atoms with E-state index in [1.54, 1.807) is 13.8 Å². The van der Waals surface area contributed by atoms with Gasteiger partial charge in [0.2, 0.25) is 5.91 Å². The third-order valence-corrected chi connectivity index (χ3v) is 4.23. The van der Waals surface area contributed by atoms with Gasteiger partial charge in [-0.05, 0) is 25.0 Å². The van der Waals surface area contributed by atoms with E-state index in [4.69, 9.17) is 4.74 Å². The fourth-order valence-electron chi connectivity index (χ4n) is 2.82. The number of rotatable bonds is 7. The summed E-state index contributed by atoms with van der Waals surface area (Å²) < 4.78 is 5.01. The third-order valence-electron chi connectivity index (χ3n) is 4.23. The first kappa shape index (κ1) is 18.2. The van der Waals surface area contributed by atoms with Gasteiger partial charge in [0, 0.05) is 19.6 Å². The quantitative estimate of drug-likeness (QED) is 0.822. The SMILES string of the molecule is CO[C@@H](C)C(=O)NC[C@](C)(O)C(c1ccccc1)c1ccccc1. The second-order valence-electron chi connectivity index (χ2n) is 6.21. The summed E-state index contributed by atoms with van der Waals surface area (Å²) in [5, 5.41) is 13.9. The van der Waals surface area contributed by atoms with Gasteiger partial charge in [-0.25, -0.2) is 0 Å². The van der Waals surface area contributed by atoms with Gasteiger partial charge in [-0.3, -0.25) is 4.79 Å². The zero-order chi connectivity index (χ0) is 17.6. The molecule has 0 saturated heterocycles. The summed E-state index contributed by atoms with van der Waals surface area (Å²) in [6.45, 7) is 3.55. The molecule has 4 nitrogen and oxygen atoms in total. The van der Waals surface area contributed by atoms with E-state index in [2.05, 4.69) is 5.32 Å². The van der Waals surface area contributed by atoms with Crippen molar-refractivity contribution in [2.24, 2.45) is 0 Å². The molecule has 2 atom stereocenters. The van der Waals surface area contributed by atoms with Crippen LogP contribution >= 0.6 is 0 Å². The Bertz CT molecular complexity index is 601. The lowest BCUT2D eigenvalue weighted by Gasteiger charge is -2.34. The number of ether oxygens (including phenoxy) is 1. The Morgan fingerprint density at radius 3 is 1.96 bits per heavy atom. The van der Waals surface area contributed by atoms with Gasteiger partial charge in [-0.1, -0.05) is 60.7 Å². The van der Waals surface area contributed by atoms with Crippen LogP contribution in [0.25, 0.3) is 0 Å². The van der Waals surface area contributed by atoms with Crippen LogP contribution in [0.4, 0.5) is 0 Å². The smallest absolute Gasteiger partial charge is 0.248 e. The van der Waals surface area contributed by atoms with Crippen molar-refractivity contribution < 1.29 is 14.6 Å². The van der Waals surface area contributed by atoms with E-state index in [9.17, 15) is 9.90 Å². The van der Waals surface area contributed by atoms with Crippen molar-refractivity contribution in [2.45, 2.75) is 31.5 Å². The van der Waals surface area contributed by atoms with Crippen LogP contribution in [0.5, 0.6) is 0 Å². The molecule has 0 radical (unpaired) electrons. The van der Waals surface area contributed by atoms with Gasteiger partial charge in [0.1, 0.15) is 6.10 Å². The van der Waals surface area contributed by atoms with E-state index in [0.29, 0.717) is 0 Å². The van der Waals surface area contributed by atoms with Crippen molar-refractivity contribution >= 4 is 5.91 Å². The Morgan fingerprint density at radius 1 is 1.08 bits per heavy atom. The summed E-state index contributed by atoms with van der Waals surface area (Å²) in [7, 11) is 1.49. The normalized spacial score (nSPS) is 14.9. The van der Waals surface area contributed by atoms with E-state index in [0.717, 1.165) is 11.1 Å². The Balaban J connectivity index is 2.27. The highest BCUT2D eigenvalue weighted by molar-refractivity contribution is 5.80. The molecule has 4 heteroatoms. The molecule has 0 heterocycles. The standard InChI is InChI=1S/C20H25NO3/c1-15(24-3)19(22)21-14-20(2,23)18(16-10-6-4-7-11-16)17-12-8-5-9-13-17/h4-13,15,18,23H,14H2,1-3H3,(H,21,22)/t15-,20-/m0/s1. The number of hydrogen-bond acceptors (Lipinski definition) is 3. The fraction of sp³-hybridized carbons (Fsp3) is 0.350. The van der Waals surface area contributed by atoms with Crippen LogP contribution in [-0.2, 0) is 9.53 Å². The first-order valence-corrected chi connectivity index (χ1v) is 8.08. The van der Waals surface area contributed by atoms with Crippen LogP contribution in [0.15, 0.2) is 60.7 Å². The van der Waals surface area contributed by atoms with Crippen LogP contribution in [0.1, 0.15) is 30.9 Å². The number of methoxy groups -OCH3 is 1. The number of carbonyl (C=O) groups excluding carboxylic acids is 1. The Hall–Kier alpha value is -2.17. The van der Waals surface area contributed by atoms with Crippen molar-refractivity contribution in [1.29, 1.82) is 0 Å². The molecule has 128 valence electrons. The van der Waals surface area contributed by atoms with Gasteiger partial charge in [-0.2, -0.15) is 0 Å². The molecule has 1 amide bonds. The van der Waals surface area contributed by atoms with E-state index in [-0.39, 0.29) is 18.4 Å². The summed E-state index contributed by atoms with van der Waals surface area (Å²) in [6, 6.07) is 19.7. The van der Waals surface area contributed by atoms with Crippen molar-refractivity contribution in [3.8, 4) is 0 Å². The Morgan fingerprint density at radius 2 is 1.54 bits per heavy atom. The molecule has 0 aliphatic rings. The van der Waals surface area contributed by atoms with Gasteiger partial charge in [0.05, 0.1) is 5.60 Å². The van der Waals surface area contributed by atoms with E-state index >= 15 is 0 Å². The van der Waals surface area contributed by atoms with Gasteiger partial charge in [0.25, 0.3) is 0 Å². The third kappa shape index (κ3) is 4.43. The molecule has 0 bridgehead atoms. The van der Waals surface area contributed by atoms with Gasteiger partial charge >= 0.3 is 0 Å². The Labute approximate surface area is 143 Å². The molecule has 0 fully saturated rings. The minimum absolute atomic E-state index is 0.133. The Kier molecular flexibility index (Phi) is 6.12. The van der Waals surface area contributed by atoms with Gasteiger partial charge in [0.15, 0.2) is 0 Å². The van der Waals surface area contributed by atoms with E-state index < -0.39 is 11.7 Å². The molecule has 0 aliphatic heterocycles. The number of benzene rings is 2.